The predicted molar refractivity (Wildman–Crippen MR) is 94.9 cm³/mol. The van der Waals surface area contributed by atoms with Gasteiger partial charge >= 0.3 is 18.4 Å². The van der Waals surface area contributed by atoms with Crippen LogP contribution in [0.5, 0.6) is 0 Å². The van der Waals surface area contributed by atoms with Crippen molar-refractivity contribution in [2.45, 2.75) is 50.7 Å². The molecule has 1 aliphatic carbocycles. The van der Waals surface area contributed by atoms with E-state index in [0.29, 0.717) is 38.8 Å². The van der Waals surface area contributed by atoms with Crippen molar-refractivity contribution in [3.8, 4) is 0 Å². The highest BCUT2D eigenvalue weighted by Crippen LogP contribution is 2.60. The van der Waals surface area contributed by atoms with Gasteiger partial charge < -0.3 is 14.5 Å². The molecule has 13 heteroatoms. The lowest BCUT2D eigenvalue weighted by Crippen LogP contribution is -2.49. The number of nitrogens with zero attached hydrogens (tertiary/aromatic N) is 4. The third kappa shape index (κ3) is 4.33. The van der Waals surface area contributed by atoms with Crippen molar-refractivity contribution in [1.82, 2.24) is 19.8 Å². The van der Waals surface area contributed by atoms with E-state index in [-0.39, 0.29) is 30.3 Å². The van der Waals surface area contributed by atoms with E-state index in [1.165, 1.54) is 6.33 Å². The van der Waals surface area contributed by atoms with Crippen LogP contribution in [0.15, 0.2) is 12.5 Å². The van der Waals surface area contributed by atoms with Crippen molar-refractivity contribution in [2.75, 3.05) is 19.6 Å². The fourth-order valence-electron chi connectivity index (χ4n) is 4.55. The highest BCUT2D eigenvalue weighted by Gasteiger charge is 2.62. The van der Waals surface area contributed by atoms with E-state index in [1.54, 1.807) is 11.1 Å². The minimum atomic E-state index is -5.75. The number of halogens is 6. The molecule has 1 saturated carbocycles. The molecule has 4 rings (SSSR count). The van der Waals surface area contributed by atoms with Crippen LogP contribution < -0.4 is 0 Å². The van der Waals surface area contributed by atoms with Gasteiger partial charge in [-0.25, -0.2) is 14.8 Å². The Balaban J connectivity index is 1.32. The number of alkyl halides is 6. The zero-order valence-electron chi connectivity index (χ0n) is 16.7. The highest BCUT2D eigenvalue weighted by atomic mass is 19.4. The summed E-state index contributed by atoms with van der Waals surface area (Å²) in [5, 5.41) is 0. The number of carbonyl (C=O) groups excluding carboxylic acids is 2. The van der Waals surface area contributed by atoms with Crippen molar-refractivity contribution in [3.05, 3.63) is 23.8 Å². The van der Waals surface area contributed by atoms with Gasteiger partial charge in [0, 0.05) is 50.3 Å². The van der Waals surface area contributed by atoms with Crippen LogP contribution in [0.3, 0.4) is 0 Å². The molecule has 0 N–H and O–H groups in total. The number of aromatic nitrogens is 2. The van der Waals surface area contributed by atoms with Gasteiger partial charge in [0.25, 0.3) is 6.10 Å². The normalized spacial score (nSPS) is 22.7. The summed E-state index contributed by atoms with van der Waals surface area (Å²) in [6.07, 6.45) is -12.4. The van der Waals surface area contributed by atoms with Gasteiger partial charge in [-0.15, -0.1) is 0 Å². The summed E-state index contributed by atoms with van der Waals surface area (Å²) in [6, 6.07) is 0. The molecule has 2 amide bonds. The zero-order chi connectivity index (χ0) is 23.3. The fraction of sp³-hybridized carbons (Fsp3) is 0.684. The summed E-state index contributed by atoms with van der Waals surface area (Å²) in [5.41, 5.74) is 1.40. The Hall–Kier alpha value is -2.60. The lowest BCUT2D eigenvalue weighted by molar-refractivity contribution is -0.308. The predicted octanol–water partition coefficient (Wildman–Crippen LogP) is 3.09. The first kappa shape index (κ1) is 22.6. The fourth-order valence-corrected chi connectivity index (χ4v) is 4.55. The molecule has 2 aliphatic heterocycles. The average Bonchev–Trinajstić information content (AvgIpc) is 3.42. The van der Waals surface area contributed by atoms with Gasteiger partial charge in [-0.05, 0) is 24.7 Å². The van der Waals surface area contributed by atoms with Crippen LogP contribution in [0, 0.1) is 11.3 Å². The number of piperidine rings is 1. The molecule has 3 heterocycles. The van der Waals surface area contributed by atoms with Gasteiger partial charge in [0.1, 0.15) is 6.33 Å². The van der Waals surface area contributed by atoms with Gasteiger partial charge in [0.15, 0.2) is 0 Å². The minimum absolute atomic E-state index is 0.0373. The summed E-state index contributed by atoms with van der Waals surface area (Å²) in [4.78, 5) is 35.6. The molecular weight excluding hydrogens is 446 g/mol. The van der Waals surface area contributed by atoms with E-state index in [1.807, 2.05) is 0 Å². The van der Waals surface area contributed by atoms with Crippen LogP contribution in [0.2, 0.25) is 0 Å². The quantitative estimate of drug-likeness (QED) is 0.627. The van der Waals surface area contributed by atoms with Gasteiger partial charge in [0.05, 0.1) is 5.69 Å². The third-order valence-electron chi connectivity index (χ3n) is 6.49. The number of hydrogen-bond donors (Lipinski definition) is 0. The van der Waals surface area contributed by atoms with Crippen molar-refractivity contribution < 1.29 is 40.7 Å². The zero-order valence-corrected chi connectivity index (χ0v) is 16.7. The maximum atomic E-state index is 13.0. The second-order valence-electron chi connectivity index (χ2n) is 8.46. The van der Waals surface area contributed by atoms with E-state index in [9.17, 15) is 35.9 Å². The van der Waals surface area contributed by atoms with Gasteiger partial charge in [-0.1, -0.05) is 0 Å². The maximum absolute atomic E-state index is 13.0. The molecule has 1 atom stereocenters. The SMILES string of the molecule is O=C(OC(C(F)(F)F)C(F)(F)F)N1CCC2(CC1)C[C@H]2C(=O)N1CCc2ncncc2C1. The molecule has 32 heavy (non-hydrogen) atoms. The Kier molecular flexibility index (Phi) is 5.48. The molecule has 1 aromatic rings. The summed E-state index contributed by atoms with van der Waals surface area (Å²) in [6.45, 7) is 0.782. The molecule has 2 fully saturated rings. The largest absolute Gasteiger partial charge is 0.434 e. The second kappa shape index (κ2) is 7.77. The maximum Gasteiger partial charge on any atom is 0.434 e. The van der Waals surface area contributed by atoms with E-state index in [2.05, 4.69) is 14.7 Å². The van der Waals surface area contributed by atoms with Crippen LogP contribution in [-0.2, 0) is 22.5 Å². The van der Waals surface area contributed by atoms with E-state index >= 15 is 0 Å². The van der Waals surface area contributed by atoms with Crippen molar-refractivity contribution in [3.63, 3.8) is 0 Å². The Labute approximate surface area is 178 Å². The Morgan fingerprint density at radius 2 is 1.72 bits per heavy atom. The molecule has 176 valence electrons. The molecule has 1 aromatic heterocycles. The number of carbonyl (C=O) groups is 2. The van der Waals surface area contributed by atoms with Crippen molar-refractivity contribution >= 4 is 12.0 Å². The monoisotopic (exact) mass is 466 g/mol. The molecule has 0 aromatic carbocycles. The van der Waals surface area contributed by atoms with Gasteiger partial charge in [-0.2, -0.15) is 26.3 Å². The molecule has 7 nitrogen and oxygen atoms in total. The van der Waals surface area contributed by atoms with Crippen LogP contribution in [0.1, 0.15) is 30.5 Å². The van der Waals surface area contributed by atoms with Crippen molar-refractivity contribution in [2.24, 2.45) is 11.3 Å². The molecule has 3 aliphatic rings. The summed E-state index contributed by atoms with van der Waals surface area (Å²) >= 11 is 0. The van der Waals surface area contributed by atoms with Crippen LogP contribution in [0.4, 0.5) is 31.1 Å². The smallest absolute Gasteiger partial charge is 0.426 e. The highest BCUT2D eigenvalue weighted by molar-refractivity contribution is 5.83. The molecule has 1 spiro atoms. The number of likely N-dealkylation sites (tertiary alicyclic amines) is 1. The van der Waals surface area contributed by atoms with Gasteiger partial charge in [-0.3, -0.25) is 4.79 Å². The Morgan fingerprint density at radius 1 is 1.06 bits per heavy atom. The first-order valence-electron chi connectivity index (χ1n) is 10.1. The molecule has 0 unspecified atom stereocenters. The molecule has 0 bridgehead atoms. The number of rotatable bonds is 2. The summed E-state index contributed by atoms with van der Waals surface area (Å²) in [5.74, 6) is -0.310. The summed E-state index contributed by atoms with van der Waals surface area (Å²) in [7, 11) is 0. The standard InChI is InChI=1S/C19H20F6N4O3/c20-18(21,22)15(19(23,24)25)32-16(31)28-5-2-17(3-6-28)7-12(17)14(30)29-4-1-13-11(9-29)8-26-10-27-13/h8,10,12,15H,1-7,9H2/t12-/m0/s1. The lowest BCUT2D eigenvalue weighted by Gasteiger charge is -2.34. The van der Waals surface area contributed by atoms with E-state index < -0.39 is 24.5 Å². The minimum Gasteiger partial charge on any atom is -0.426 e. The van der Waals surface area contributed by atoms with Crippen LogP contribution in [-0.4, -0.2) is 69.9 Å². The first-order chi connectivity index (χ1) is 14.9. The first-order valence-corrected chi connectivity index (χ1v) is 10.1. The van der Waals surface area contributed by atoms with Gasteiger partial charge in [0.2, 0.25) is 5.91 Å². The van der Waals surface area contributed by atoms with E-state index in [4.69, 9.17) is 0 Å². The lowest BCUT2D eigenvalue weighted by atomic mass is 9.90. The number of ether oxygens (including phenoxy) is 1. The second-order valence-corrected chi connectivity index (χ2v) is 8.46. The summed E-state index contributed by atoms with van der Waals surface area (Å²) < 4.78 is 79.5. The van der Waals surface area contributed by atoms with Crippen LogP contribution in [0.25, 0.3) is 0 Å². The average molecular weight is 466 g/mol. The topological polar surface area (TPSA) is 75.6 Å². The third-order valence-corrected chi connectivity index (χ3v) is 6.49. The molecular formula is C19H20F6N4O3. The molecule has 0 radical (unpaired) electrons. The van der Waals surface area contributed by atoms with Crippen molar-refractivity contribution in [1.29, 1.82) is 0 Å². The van der Waals surface area contributed by atoms with E-state index in [0.717, 1.165) is 16.2 Å². The number of amides is 2. The number of hydrogen-bond acceptors (Lipinski definition) is 5. The molecule has 1 saturated heterocycles. The van der Waals surface area contributed by atoms with Crippen LogP contribution >= 0.6 is 0 Å². The Bertz CT molecular complexity index is 884. The Morgan fingerprint density at radius 3 is 2.34 bits per heavy atom. The number of fused-ring (bicyclic) bond motifs is 1.